The molecular weight excluding hydrogens is 260 g/mol. The third-order valence-corrected chi connectivity index (χ3v) is 5.18. The molecule has 0 amide bonds. The number of anilines is 1. The second kappa shape index (κ2) is 6.37. The second-order valence-electron chi connectivity index (χ2n) is 6.77. The second-order valence-corrected chi connectivity index (χ2v) is 6.77. The first-order chi connectivity index (χ1) is 10.2. The van der Waals surface area contributed by atoms with E-state index in [1.54, 1.807) is 0 Å². The molecule has 2 N–H and O–H groups in total. The summed E-state index contributed by atoms with van der Waals surface area (Å²) >= 11 is 0. The number of hydrogen-bond donors (Lipinski definition) is 2. The molecular formula is C18H28N2O. The van der Waals surface area contributed by atoms with Crippen LogP contribution in [-0.2, 0) is 6.54 Å². The summed E-state index contributed by atoms with van der Waals surface area (Å²) in [5.41, 5.74) is 4.08. The van der Waals surface area contributed by atoms with Gasteiger partial charge in [0.15, 0.2) is 0 Å². The summed E-state index contributed by atoms with van der Waals surface area (Å²) in [5.74, 6) is 1.19. The molecule has 0 aromatic heterocycles. The molecule has 1 aromatic rings. The number of aliphatic hydroxyl groups excluding tert-OH is 1. The van der Waals surface area contributed by atoms with E-state index in [1.165, 1.54) is 29.7 Å². The first-order valence-electron chi connectivity index (χ1n) is 8.42. The normalized spacial score (nSPS) is 28.1. The highest BCUT2D eigenvalue weighted by molar-refractivity contribution is 5.55. The lowest BCUT2D eigenvalue weighted by molar-refractivity contribution is 0.133. The van der Waals surface area contributed by atoms with Crippen LogP contribution in [0, 0.1) is 18.8 Å². The maximum atomic E-state index is 10.1. The molecule has 0 bridgehead atoms. The van der Waals surface area contributed by atoms with Gasteiger partial charge in [0.2, 0.25) is 0 Å². The summed E-state index contributed by atoms with van der Waals surface area (Å²) in [4.78, 5) is 2.48. The van der Waals surface area contributed by atoms with Crippen molar-refractivity contribution >= 4 is 5.69 Å². The van der Waals surface area contributed by atoms with Crippen LogP contribution in [0.5, 0.6) is 0 Å². The van der Waals surface area contributed by atoms with Crippen molar-refractivity contribution in [2.45, 2.75) is 45.8 Å². The average Bonchev–Trinajstić information content (AvgIpc) is 3.02. The van der Waals surface area contributed by atoms with Gasteiger partial charge in [-0.05, 0) is 55.8 Å². The molecule has 3 unspecified atom stereocenters. The molecule has 1 aliphatic heterocycles. The van der Waals surface area contributed by atoms with Crippen LogP contribution >= 0.6 is 0 Å². The maximum absolute atomic E-state index is 10.1. The summed E-state index contributed by atoms with van der Waals surface area (Å²) in [7, 11) is 0. The Balaban J connectivity index is 1.66. The topological polar surface area (TPSA) is 35.5 Å². The molecule has 2 aliphatic rings. The summed E-state index contributed by atoms with van der Waals surface area (Å²) < 4.78 is 0. The molecule has 3 atom stereocenters. The minimum absolute atomic E-state index is 0.0715. The Kier molecular flexibility index (Phi) is 4.51. The highest BCUT2D eigenvalue weighted by atomic mass is 16.3. The van der Waals surface area contributed by atoms with Crippen molar-refractivity contribution in [3.8, 4) is 0 Å². The van der Waals surface area contributed by atoms with E-state index in [1.807, 2.05) is 0 Å². The van der Waals surface area contributed by atoms with Crippen LogP contribution in [0.1, 0.15) is 37.3 Å². The molecule has 1 saturated carbocycles. The van der Waals surface area contributed by atoms with Crippen molar-refractivity contribution in [2.75, 3.05) is 24.5 Å². The van der Waals surface area contributed by atoms with E-state index >= 15 is 0 Å². The van der Waals surface area contributed by atoms with Crippen molar-refractivity contribution < 1.29 is 5.11 Å². The van der Waals surface area contributed by atoms with Gasteiger partial charge in [0.05, 0.1) is 6.10 Å². The fourth-order valence-corrected chi connectivity index (χ4v) is 4.03. The molecule has 1 aromatic carbocycles. The fourth-order valence-electron chi connectivity index (χ4n) is 4.03. The van der Waals surface area contributed by atoms with Gasteiger partial charge in [0.25, 0.3) is 0 Å². The van der Waals surface area contributed by atoms with Crippen LogP contribution in [0.2, 0.25) is 0 Å². The highest BCUT2D eigenvalue weighted by Crippen LogP contribution is 2.40. The van der Waals surface area contributed by atoms with Gasteiger partial charge in [0, 0.05) is 31.2 Å². The first-order valence-corrected chi connectivity index (χ1v) is 8.42. The van der Waals surface area contributed by atoms with Gasteiger partial charge in [-0.1, -0.05) is 19.1 Å². The van der Waals surface area contributed by atoms with Crippen LogP contribution in [0.4, 0.5) is 5.69 Å². The van der Waals surface area contributed by atoms with E-state index in [-0.39, 0.29) is 6.10 Å². The monoisotopic (exact) mass is 288 g/mol. The molecule has 21 heavy (non-hydrogen) atoms. The zero-order valence-electron chi connectivity index (χ0n) is 13.3. The summed E-state index contributed by atoms with van der Waals surface area (Å²) in [6.07, 6.45) is 3.30. The van der Waals surface area contributed by atoms with Gasteiger partial charge in [-0.2, -0.15) is 0 Å². The largest absolute Gasteiger partial charge is 0.393 e. The average molecular weight is 288 g/mol. The molecule has 0 radical (unpaired) electrons. The third-order valence-electron chi connectivity index (χ3n) is 5.18. The summed E-state index contributed by atoms with van der Waals surface area (Å²) in [6.45, 7) is 8.59. The molecule has 3 heteroatoms. The molecule has 3 nitrogen and oxygen atoms in total. The Labute approximate surface area is 128 Å². The summed E-state index contributed by atoms with van der Waals surface area (Å²) in [6, 6.07) is 6.82. The fraction of sp³-hybridized carbons (Fsp3) is 0.667. The minimum Gasteiger partial charge on any atom is -0.393 e. The Morgan fingerprint density at radius 1 is 1.29 bits per heavy atom. The summed E-state index contributed by atoms with van der Waals surface area (Å²) in [5, 5.41) is 13.5. The zero-order chi connectivity index (χ0) is 14.8. The maximum Gasteiger partial charge on any atom is 0.0588 e. The van der Waals surface area contributed by atoms with Gasteiger partial charge in [-0.25, -0.2) is 0 Å². The molecule has 1 heterocycles. The molecule has 116 valence electrons. The van der Waals surface area contributed by atoms with Crippen molar-refractivity contribution in [3.05, 3.63) is 29.3 Å². The number of aryl methyl sites for hydroxylation is 1. The third kappa shape index (κ3) is 3.09. The number of aliphatic hydroxyl groups is 1. The van der Waals surface area contributed by atoms with Crippen LogP contribution in [0.25, 0.3) is 0 Å². The number of hydrogen-bond acceptors (Lipinski definition) is 3. The van der Waals surface area contributed by atoms with E-state index in [0.29, 0.717) is 11.8 Å². The van der Waals surface area contributed by atoms with Crippen molar-refractivity contribution in [2.24, 2.45) is 11.8 Å². The number of fused-ring (bicyclic) bond motifs is 1. The van der Waals surface area contributed by atoms with Crippen molar-refractivity contribution in [1.29, 1.82) is 0 Å². The molecule has 3 rings (SSSR count). The predicted octanol–water partition coefficient (Wildman–Crippen LogP) is 2.70. The SMILES string of the molecule is CCCNCc1ccc(N2CC3CCC(O)C3C2)c(C)c1. The van der Waals surface area contributed by atoms with Crippen LogP contribution in [0.3, 0.4) is 0 Å². The van der Waals surface area contributed by atoms with Crippen LogP contribution in [-0.4, -0.2) is 30.8 Å². The molecule has 1 saturated heterocycles. The Bertz CT molecular complexity index is 488. The molecule has 0 spiro atoms. The quantitative estimate of drug-likeness (QED) is 0.818. The minimum atomic E-state index is -0.0715. The lowest BCUT2D eigenvalue weighted by atomic mass is 10.00. The van der Waals surface area contributed by atoms with E-state index in [2.05, 4.69) is 42.3 Å². The smallest absolute Gasteiger partial charge is 0.0588 e. The standard InChI is InChI=1S/C18H28N2O/c1-3-8-19-10-14-4-6-17(13(2)9-14)20-11-15-5-7-18(21)16(15)12-20/h4,6,9,15-16,18-19,21H,3,5,7-8,10-12H2,1-2H3. The van der Waals surface area contributed by atoms with E-state index < -0.39 is 0 Å². The lowest BCUT2D eigenvalue weighted by Gasteiger charge is -2.23. The Morgan fingerprint density at radius 2 is 2.14 bits per heavy atom. The Morgan fingerprint density at radius 3 is 2.86 bits per heavy atom. The van der Waals surface area contributed by atoms with Crippen LogP contribution < -0.4 is 10.2 Å². The van der Waals surface area contributed by atoms with Crippen molar-refractivity contribution in [1.82, 2.24) is 5.32 Å². The molecule has 1 aliphatic carbocycles. The number of nitrogens with one attached hydrogen (secondary N) is 1. The van der Waals surface area contributed by atoms with Gasteiger partial charge < -0.3 is 15.3 Å². The lowest BCUT2D eigenvalue weighted by Crippen LogP contribution is -2.25. The van der Waals surface area contributed by atoms with Crippen LogP contribution in [0.15, 0.2) is 18.2 Å². The number of nitrogens with zero attached hydrogens (tertiary/aromatic N) is 1. The highest BCUT2D eigenvalue weighted by Gasteiger charge is 2.42. The van der Waals surface area contributed by atoms with E-state index in [4.69, 9.17) is 0 Å². The number of rotatable bonds is 5. The predicted molar refractivity (Wildman–Crippen MR) is 87.6 cm³/mol. The van der Waals surface area contributed by atoms with Gasteiger partial charge in [-0.15, -0.1) is 0 Å². The molecule has 2 fully saturated rings. The van der Waals surface area contributed by atoms with Crippen molar-refractivity contribution in [3.63, 3.8) is 0 Å². The zero-order valence-corrected chi connectivity index (χ0v) is 13.3. The van der Waals surface area contributed by atoms with Gasteiger partial charge in [-0.3, -0.25) is 0 Å². The van der Waals surface area contributed by atoms with Gasteiger partial charge >= 0.3 is 0 Å². The van der Waals surface area contributed by atoms with Gasteiger partial charge in [0.1, 0.15) is 0 Å². The Hall–Kier alpha value is -1.06. The first kappa shape index (κ1) is 14.9. The van der Waals surface area contributed by atoms with E-state index in [9.17, 15) is 5.11 Å². The number of benzene rings is 1. The van der Waals surface area contributed by atoms with E-state index in [0.717, 1.165) is 32.6 Å².